The van der Waals surface area contributed by atoms with Gasteiger partial charge in [0.2, 0.25) is 27.8 Å². The first-order valence-corrected chi connectivity index (χ1v) is 17.9. The number of nitrogens with zero attached hydrogens (tertiary/aromatic N) is 3. The highest BCUT2D eigenvalue weighted by atomic mass is 32.2. The summed E-state index contributed by atoms with van der Waals surface area (Å²) in [6.07, 6.45) is 3.08. The Labute approximate surface area is 276 Å². The van der Waals surface area contributed by atoms with Gasteiger partial charge in [0.1, 0.15) is 5.60 Å². The lowest BCUT2D eigenvalue weighted by Crippen LogP contribution is -2.50. The molecule has 0 bridgehead atoms. The van der Waals surface area contributed by atoms with Crippen LogP contribution in [0.1, 0.15) is 49.7 Å². The highest BCUT2D eigenvalue weighted by molar-refractivity contribution is 7.89. The molecule has 3 fully saturated rings. The first-order valence-electron chi connectivity index (χ1n) is 16.4. The number of hydrogen-bond donors (Lipinski definition) is 2. The number of carbonyl (C=O) groups excluding carboxylic acids is 2. The van der Waals surface area contributed by atoms with Crippen LogP contribution in [0.15, 0.2) is 72.1 Å². The van der Waals surface area contributed by atoms with Crippen molar-refractivity contribution in [3.8, 4) is 0 Å². The summed E-state index contributed by atoms with van der Waals surface area (Å²) in [5, 5.41) is 12.1. The number of amides is 2. The lowest BCUT2D eigenvalue weighted by molar-refractivity contribution is -0.139. The van der Waals surface area contributed by atoms with Crippen molar-refractivity contribution in [1.82, 2.24) is 19.4 Å². The number of piperidine rings is 1. The van der Waals surface area contributed by atoms with Crippen LogP contribution in [0.3, 0.4) is 0 Å². The molecule has 3 aliphatic rings. The number of rotatable bonds is 11. The molecule has 0 radical (unpaired) electrons. The van der Waals surface area contributed by atoms with Crippen molar-refractivity contribution < 1.29 is 31.9 Å². The van der Waals surface area contributed by atoms with Gasteiger partial charge in [-0.25, -0.2) is 21.9 Å². The topological polar surface area (TPSA) is 110 Å². The number of hydrogen-bond acceptors (Lipinski definition) is 6. The normalized spacial score (nSPS) is 24.3. The zero-order valence-electron chi connectivity index (χ0n) is 27.0. The molecule has 47 heavy (non-hydrogen) atoms. The molecule has 2 aliphatic heterocycles. The Morgan fingerprint density at radius 1 is 1.04 bits per heavy atom. The SMILES string of the molecule is C=CCN(C(=O)Cc1ccc(S(=O)(=O)NC)cc1)C1CCN(C[C@H]2CN(C(=O)C3CCC(F)(F)CC3)C[C@]2(O)c2ccccc2)CC1. The van der Waals surface area contributed by atoms with Gasteiger partial charge in [0.15, 0.2) is 0 Å². The van der Waals surface area contributed by atoms with Crippen molar-refractivity contribution in [2.45, 2.75) is 67.4 Å². The average molecular weight is 673 g/mol. The van der Waals surface area contributed by atoms with Crippen LogP contribution in [0, 0.1) is 11.8 Å². The maximum Gasteiger partial charge on any atom is 0.248 e. The second-order valence-electron chi connectivity index (χ2n) is 13.2. The van der Waals surface area contributed by atoms with Crippen LogP contribution < -0.4 is 4.72 Å². The summed E-state index contributed by atoms with van der Waals surface area (Å²) in [5.74, 6) is -3.63. The molecular formula is C35H46F2N4O5S. The zero-order valence-corrected chi connectivity index (χ0v) is 27.8. The summed E-state index contributed by atoms with van der Waals surface area (Å²) >= 11 is 0. The van der Waals surface area contributed by atoms with Gasteiger partial charge in [-0.05, 0) is 56.0 Å². The van der Waals surface area contributed by atoms with Gasteiger partial charge in [-0.2, -0.15) is 0 Å². The van der Waals surface area contributed by atoms with Crippen molar-refractivity contribution >= 4 is 21.8 Å². The fourth-order valence-corrected chi connectivity index (χ4v) is 8.11. The molecule has 1 aliphatic carbocycles. The molecule has 5 rings (SSSR count). The van der Waals surface area contributed by atoms with E-state index in [1.807, 2.05) is 35.2 Å². The van der Waals surface area contributed by atoms with Gasteiger partial charge in [0.05, 0.1) is 17.9 Å². The number of likely N-dealkylation sites (tertiary alicyclic amines) is 2. The standard InChI is InChI=1S/C35H46F2N4O5S/c1-3-19-41(32(42)22-26-9-11-31(12-10-26)47(45,46)38-2)30-15-20-39(21-16-30)23-29-24-40(25-35(29,44)28-7-5-4-6-8-28)33(43)27-13-17-34(36,37)18-14-27/h3-12,27,29-30,38,44H,1,13-25H2,2H3/t29-,35-/m0/s1. The number of aliphatic hydroxyl groups is 1. The van der Waals surface area contributed by atoms with Crippen LogP contribution in [0.4, 0.5) is 8.78 Å². The fraction of sp³-hybridized carbons (Fsp3) is 0.543. The van der Waals surface area contributed by atoms with E-state index in [1.54, 1.807) is 23.1 Å². The highest BCUT2D eigenvalue weighted by Gasteiger charge is 2.50. The van der Waals surface area contributed by atoms with E-state index in [4.69, 9.17) is 0 Å². The van der Waals surface area contributed by atoms with E-state index in [0.29, 0.717) is 32.7 Å². The molecule has 2 N–H and O–H groups in total. The van der Waals surface area contributed by atoms with Crippen molar-refractivity contribution in [3.63, 3.8) is 0 Å². The van der Waals surface area contributed by atoms with Gasteiger partial charge in [0, 0.05) is 63.4 Å². The number of halogens is 2. The van der Waals surface area contributed by atoms with Crippen LogP contribution in [-0.4, -0.2) is 98.3 Å². The molecule has 2 heterocycles. The molecule has 0 aromatic heterocycles. The fourth-order valence-electron chi connectivity index (χ4n) is 7.38. The Hall–Kier alpha value is -3.19. The van der Waals surface area contributed by atoms with Gasteiger partial charge in [-0.3, -0.25) is 9.59 Å². The summed E-state index contributed by atoms with van der Waals surface area (Å²) in [4.78, 5) is 32.9. The van der Waals surface area contributed by atoms with Crippen LogP contribution >= 0.6 is 0 Å². The molecule has 2 atom stereocenters. The molecule has 12 heteroatoms. The smallest absolute Gasteiger partial charge is 0.248 e. The first-order chi connectivity index (χ1) is 22.3. The average Bonchev–Trinajstić information content (AvgIpc) is 3.41. The van der Waals surface area contributed by atoms with E-state index in [-0.39, 0.29) is 67.3 Å². The Kier molecular flexibility index (Phi) is 10.8. The Morgan fingerprint density at radius 3 is 2.28 bits per heavy atom. The molecule has 2 amide bonds. The minimum absolute atomic E-state index is 0.000200. The molecule has 9 nitrogen and oxygen atoms in total. The molecule has 256 valence electrons. The van der Waals surface area contributed by atoms with Gasteiger partial charge >= 0.3 is 0 Å². The third-order valence-corrected chi connectivity index (χ3v) is 11.6. The summed E-state index contributed by atoms with van der Waals surface area (Å²) in [5.41, 5.74) is 0.197. The summed E-state index contributed by atoms with van der Waals surface area (Å²) in [6.45, 7) is 6.70. The Bertz CT molecular complexity index is 1510. The van der Waals surface area contributed by atoms with E-state index >= 15 is 0 Å². The first kappa shape index (κ1) is 35.1. The number of nitrogens with one attached hydrogen (secondary N) is 1. The van der Waals surface area contributed by atoms with E-state index in [9.17, 15) is 31.9 Å². The number of β-amino-alcohol motifs (C(OH)–C–C–N with tert-alkyl or cyclic N) is 1. The van der Waals surface area contributed by atoms with E-state index in [2.05, 4.69) is 16.2 Å². The van der Waals surface area contributed by atoms with E-state index in [1.165, 1.54) is 19.2 Å². The summed E-state index contributed by atoms with van der Waals surface area (Å²) in [7, 11) is -2.21. The third-order valence-electron chi connectivity index (χ3n) is 10.2. The van der Waals surface area contributed by atoms with Gasteiger partial charge < -0.3 is 19.8 Å². The minimum atomic E-state index is -3.56. The minimum Gasteiger partial charge on any atom is -0.383 e. The molecule has 1 saturated carbocycles. The highest BCUT2D eigenvalue weighted by Crippen LogP contribution is 2.41. The number of carbonyl (C=O) groups is 2. The van der Waals surface area contributed by atoms with Crippen molar-refractivity contribution in [2.75, 3.05) is 46.3 Å². The molecule has 2 saturated heterocycles. The number of sulfonamides is 1. The lowest BCUT2D eigenvalue weighted by Gasteiger charge is -2.40. The third kappa shape index (κ3) is 8.10. The van der Waals surface area contributed by atoms with Crippen LogP contribution in [-0.2, 0) is 31.6 Å². The van der Waals surface area contributed by atoms with Crippen molar-refractivity contribution in [3.05, 3.63) is 78.4 Å². The lowest BCUT2D eigenvalue weighted by atomic mass is 9.83. The molecule has 2 aromatic rings. The van der Waals surface area contributed by atoms with Crippen molar-refractivity contribution in [2.24, 2.45) is 11.8 Å². The second-order valence-corrected chi connectivity index (χ2v) is 15.1. The number of alkyl halides is 2. The quantitative estimate of drug-likeness (QED) is 0.352. The Balaban J connectivity index is 1.22. The zero-order chi connectivity index (χ0) is 33.8. The van der Waals surface area contributed by atoms with E-state index in [0.717, 1.165) is 24.0 Å². The summed E-state index contributed by atoms with van der Waals surface area (Å²) < 4.78 is 54.0. The maximum absolute atomic E-state index is 13.8. The number of benzene rings is 2. The van der Waals surface area contributed by atoms with E-state index < -0.39 is 27.5 Å². The largest absolute Gasteiger partial charge is 0.383 e. The predicted molar refractivity (Wildman–Crippen MR) is 175 cm³/mol. The molecule has 0 unspecified atom stereocenters. The summed E-state index contributed by atoms with van der Waals surface area (Å²) in [6, 6.07) is 15.7. The van der Waals surface area contributed by atoms with Gasteiger partial charge in [-0.15, -0.1) is 6.58 Å². The molecular weight excluding hydrogens is 626 g/mol. The molecule has 2 aromatic carbocycles. The van der Waals surface area contributed by atoms with Crippen LogP contribution in [0.2, 0.25) is 0 Å². The monoisotopic (exact) mass is 672 g/mol. The maximum atomic E-state index is 13.8. The predicted octanol–water partition coefficient (Wildman–Crippen LogP) is 3.79. The van der Waals surface area contributed by atoms with Gasteiger partial charge in [0.25, 0.3) is 0 Å². The van der Waals surface area contributed by atoms with Crippen LogP contribution in [0.25, 0.3) is 0 Å². The Morgan fingerprint density at radius 2 is 1.68 bits per heavy atom. The second kappa shape index (κ2) is 14.5. The van der Waals surface area contributed by atoms with Crippen LogP contribution in [0.5, 0.6) is 0 Å². The van der Waals surface area contributed by atoms with Gasteiger partial charge in [-0.1, -0.05) is 48.5 Å². The molecule has 0 spiro atoms. The van der Waals surface area contributed by atoms with Crippen molar-refractivity contribution in [1.29, 1.82) is 0 Å².